The topological polar surface area (TPSA) is 52.6 Å². The first-order valence-corrected chi connectivity index (χ1v) is 2.80. The summed E-state index contributed by atoms with van der Waals surface area (Å²) in [6.07, 6.45) is 1.28. The molecular formula is C6H9O4. The third-order valence-electron chi connectivity index (χ3n) is 0.654. The maximum absolute atomic E-state index is 9.66. The fraction of sp³-hybridized carbons (Fsp3) is 0.500. The van der Waals surface area contributed by atoms with Gasteiger partial charge in [-0.2, -0.15) is 0 Å². The van der Waals surface area contributed by atoms with E-state index in [1.807, 2.05) is 0 Å². The lowest BCUT2D eigenvalue weighted by Gasteiger charge is -1.97. The Morgan fingerprint density at radius 1 is 1.00 bits per heavy atom. The molecule has 10 heavy (non-hydrogen) atoms. The van der Waals surface area contributed by atoms with Crippen molar-refractivity contribution in [2.75, 3.05) is 19.8 Å². The molecule has 0 unspecified atom stereocenters. The molecule has 0 saturated heterocycles. The third-order valence-corrected chi connectivity index (χ3v) is 0.654. The molecular weight excluding hydrogens is 136 g/mol. The molecule has 0 aromatic carbocycles. The number of hydrogen-bond donors (Lipinski definition) is 0. The van der Waals surface area contributed by atoms with Gasteiger partial charge in [-0.15, -0.1) is 0 Å². The van der Waals surface area contributed by atoms with E-state index in [1.54, 1.807) is 0 Å². The smallest absolute Gasteiger partial charge is 0.145 e. The molecule has 0 aliphatic rings. The van der Waals surface area contributed by atoms with E-state index in [2.05, 4.69) is 9.47 Å². The van der Waals surface area contributed by atoms with Crippen molar-refractivity contribution in [3.05, 3.63) is 6.61 Å². The summed E-state index contributed by atoms with van der Waals surface area (Å²) in [5, 5.41) is 0. The normalized spacial score (nSPS) is 9.20. The van der Waals surface area contributed by atoms with Gasteiger partial charge in [0.05, 0.1) is 6.61 Å². The van der Waals surface area contributed by atoms with Crippen molar-refractivity contribution in [3.63, 3.8) is 0 Å². The number of ether oxygens (including phenoxy) is 2. The van der Waals surface area contributed by atoms with Crippen LogP contribution in [0.3, 0.4) is 0 Å². The Hall–Kier alpha value is -0.740. The predicted octanol–water partition coefficient (Wildman–Crippen LogP) is -0.421. The van der Waals surface area contributed by atoms with E-state index in [9.17, 15) is 9.59 Å². The molecule has 0 bridgehead atoms. The maximum atomic E-state index is 9.66. The quantitative estimate of drug-likeness (QED) is 0.360. The van der Waals surface area contributed by atoms with E-state index < -0.39 is 0 Å². The van der Waals surface area contributed by atoms with Gasteiger partial charge < -0.3 is 19.1 Å². The van der Waals surface area contributed by atoms with Crippen LogP contribution >= 0.6 is 0 Å². The molecule has 0 heterocycles. The van der Waals surface area contributed by atoms with E-state index in [0.717, 1.165) is 0 Å². The zero-order valence-corrected chi connectivity index (χ0v) is 5.49. The Kier molecular flexibility index (Phi) is 7.65. The fourth-order valence-corrected chi connectivity index (χ4v) is 0.320. The standard InChI is InChI=1S/C6H9O4/c7-1-3-9-5-6-10-4-2-8/h1-2,5H,3-4,6H2. The third kappa shape index (κ3) is 7.26. The first-order valence-electron chi connectivity index (χ1n) is 2.80. The highest BCUT2D eigenvalue weighted by Gasteiger charge is 1.87. The first-order chi connectivity index (χ1) is 4.91. The summed E-state index contributed by atoms with van der Waals surface area (Å²) in [7, 11) is 0. The van der Waals surface area contributed by atoms with Crippen molar-refractivity contribution in [1.82, 2.24) is 0 Å². The van der Waals surface area contributed by atoms with Gasteiger partial charge in [-0.3, -0.25) is 0 Å². The Morgan fingerprint density at radius 2 is 1.70 bits per heavy atom. The Morgan fingerprint density at radius 3 is 2.30 bits per heavy atom. The predicted molar refractivity (Wildman–Crippen MR) is 33.2 cm³/mol. The lowest BCUT2D eigenvalue weighted by Crippen LogP contribution is -2.01. The van der Waals surface area contributed by atoms with E-state index in [4.69, 9.17) is 0 Å². The lowest BCUT2D eigenvalue weighted by atomic mass is 10.7. The Balaban J connectivity index is 2.76. The minimum Gasteiger partial charge on any atom is -0.371 e. The van der Waals surface area contributed by atoms with Crippen LogP contribution in [0.2, 0.25) is 0 Å². The molecule has 0 aromatic rings. The van der Waals surface area contributed by atoms with Crippen molar-refractivity contribution in [1.29, 1.82) is 0 Å². The highest BCUT2D eigenvalue weighted by Crippen LogP contribution is 1.80. The van der Waals surface area contributed by atoms with E-state index >= 15 is 0 Å². The molecule has 1 radical (unpaired) electrons. The Bertz CT molecular complexity index is 79.7. The number of carbonyl (C=O) groups is 2. The van der Waals surface area contributed by atoms with Gasteiger partial charge in [0.15, 0.2) is 0 Å². The Labute approximate surface area is 59.1 Å². The van der Waals surface area contributed by atoms with Gasteiger partial charge in [-0.25, -0.2) is 0 Å². The van der Waals surface area contributed by atoms with Crippen LogP contribution < -0.4 is 0 Å². The van der Waals surface area contributed by atoms with Crippen LogP contribution in [0.15, 0.2) is 0 Å². The monoisotopic (exact) mass is 145 g/mol. The number of carbonyl (C=O) groups excluding carboxylic acids is 2. The molecule has 0 N–H and O–H groups in total. The lowest BCUT2D eigenvalue weighted by molar-refractivity contribution is -0.113. The molecule has 4 heteroatoms. The van der Waals surface area contributed by atoms with Crippen LogP contribution in [0.5, 0.6) is 0 Å². The van der Waals surface area contributed by atoms with Crippen LogP contribution in [0.25, 0.3) is 0 Å². The van der Waals surface area contributed by atoms with Crippen LogP contribution in [0.1, 0.15) is 0 Å². The van der Waals surface area contributed by atoms with Gasteiger partial charge in [0.1, 0.15) is 32.4 Å². The van der Waals surface area contributed by atoms with Gasteiger partial charge in [-0.05, 0) is 0 Å². The largest absolute Gasteiger partial charge is 0.371 e. The molecule has 57 valence electrons. The van der Waals surface area contributed by atoms with E-state index in [1.165, 1.54) is 6.61 Å². The molecule has 4 nitrogen and oxygen atoms in total. The highest BCUT2D eigenvalue weighted by molar-refractivity contribution is 5.50. The molecule has 0 atom stereocenters. The van der Waals surface area contributed by atoms with Gasteiger partial charge in [-0.1, -0.05) is 0 Å². The maximum Gasteiger partial charge on any atom is 0.145 e. The summed E-state index contributed by atoms with van der Waals surface area (Å²) in [6.45, 7) is 1.65. The molecule has 0 aliphatic carbocycles. The number of hydrogen-bond acceptors (Lipinski definition) is 4. The zero-order valence-electron chi connectivity index (χ0n) is 5.49. The van der Waals surface area contributed by atoms with E-state index in [0.29, 0.717) is 12.6 Å². The highest BCUT2D eigenvalue weighted by atomic mass is 16.5. The van der Waals surface area contributed by atoms with Crippen molar-refractivity contribution in [2.24, 2.45) is 0 Å². The zero-order chi connectivity index (χ0) is 7.66. The summed E-state index contributed by atoms with van der Waals surface area (Å²) in [4.78, 5) is 19.3. The average Bonchev–Trinajstić information content (AvgIpc) is 1.97. The van der Waals surface area contributed by atoms with Crippen molar-refractivity contribution in [3.8, 4) is 0 Å². The SMILES string of the molecule is O=CCO[CH]COCC=O. The number of aldehydes is 2. The average molecular weight is 145 g/mol. The summed E-state index contributed by atoms with van der Waals surface area (Å²) in [5.41, 5.74) is 0. The molecule has 0 saturated carbocycles. The van der Waals surface area contributed by atoms with Crippen molar-refractivity contribution >= 4 is 12.6 Å². The minimum absolute atomic E-state index is 0.0322. The molecule has 0 rings (SSSR count). The van der Waals surface area contributed by atoms with Crippen LogP contribution in [0.4, 0.5) is 0 Å². The molecule has 0 aliphatic heterocycles. The second-order valence-corrected chi connectivity index (χ2v) is 1.37. The van der Waals surface area contributed by atoms with Crippen molar-refractivity contribution < 1.29 is 19.1 Å². The summed E-state index contributed by atoms with van der Waals surface area (Å²) >= 11 is 0. The van der Waals surface area contributed by atoms with Gasteiger partial charge in [0, 0.05) is 0 Å². The van der Waals surface area contributed by atoms with Gasteiger partial charge in [0.25, 0.3) is 0 Å². The minimum atomic E-state index is 0.0322. The van der Waals surface area contributed by atoms with Crippen LogP contribution in [0, 0.1) is 6.61 Å². The first kappa shape index (κ1) is 9.26. The molecule has 0 aromatic heterocycles. The van der Waals surface area contributed by atoms with Gasteiger partial charge >= 0.3 is 0 Å². The summed E-state index contributed by atoms with van der Waals surface area (Å²) < 4.78 is 9.26. The van der Waals surface area contributed by atoms with Gasteiger partial charge in [0.2, 0.25) is 0 Å². The molecule has 0 spiro atoms. The van der Waals surface area contributed by atoms with Crippen molar-refractivity contribution in [2.45, 2.75) is 0 Å². The second-order valence-electron chi connectivity index (χ2n) is 1.37. The van der Waals surface area contributed by atoms with Crippen LogP contribution in [-0.4, -0.2) is 32.4 Å². The van der Waals surface area contributed by atoms with E-state index in [-0.39, 0.29) is 19.8 Å². The second kappa shape index (κ2) is 8.26. The number of rotatable bonds is 7. The summed E-state index contributed by atoms with van der Waals surface area (Å²) in [6, 6.07) is 0. The molecule has 0 amide bonds. The fourth-order valence-electron chi connectivity index (χ4n) is 0.320. The van der Waals surface area contributed by atoms with Crippen LogP contribution in [-0.2, 0) is 19.1 Å². The summed E-state index contributed by atoms with van der Waals surface area (Å²) in [5.74, 6) is 0. The molecule has 0 fully saturated rings.